The molecule has 0 N–H and O–H groups in total. The zero-order valence-corrected chi connectivity index (χ0v) is 24.2. The van der Waals surface area contributed by atoms with Gasteiger partial charge in [0, 0.05) is 73.2 Å². The summed E-state index contributed by atoms with van der Waals surface area (Å²) in [5, 5.41) is 2.17. The molecule has 0 unspecified atom stereocenters. The number of fused-ring (bicyclic) bond motifs is 4. The van der Waals surface area contributed by atoms with Gasteiger partial charge in [-0.15, -0.1) is 29.7 Å². The minimum Gasteiger partial charge on any atom is -0.508 e. The molecule has 0 spiro atoms. The predicted octanol–water partition coefficient (Wildman–Crippen LogP) is 8.26. The van der Waals surface area contributed by atoms with Crippen molar-refractivity contribution in [3.63, 3.8) is 0 Å². The molecule has 0 saturated heterocycles. The molecule has 0 amide bonds. The average Bonchev–Trinajstić information content (AvgIpc) is 3.54. The van der Waals surface area contributed by atoms with Crippen molar-refractivity contribution in [3.05, 3.63) is 121 Å². The van der Waals surface area contributed by atoms with Crippen molar-refractivity contribution < 1.29 is 29.9 Å². The molecule has 0 atom stereocenters. The summed E-state index contributed by atoms with van der Waals surface area (Å²) in [6.45, 7) is 2.03. The normalized spacial score (nSPS) is 12.8. The maximum absolute atomic E-state index is 7.98. The number of nitrogens with zero attached hydrogens (tertiary/aromatic N) is 4. The minimum atomic E-state index is -2.31. The fourth-order valence-electron chi connectivity index (χ4n) is 5.15. The summed E-state index contributed by atoms with van der Waals surface area (Å²) in [4.78, 5) is 4.72. The van der Waals surface area contributed by atoms with E-state index in [1.807, 2.05) is 65.4 Å². The predicted molar refractivity (Wildman–Crippen MR) is 157 cm³/mol. The van der Waals surface area contributed by atoms with Gasteiger partial charge in [0.2, 0.25) is 0 Å². The Morgan fingerprint density at radius 2 is 1.60 bits per heavy atom. The van der Waals surface area contributed by atoms with E-state index in [2.05, 4.69) is 60.9 Å². The van der Waals surface area contributed by atoms with Crippen molar-refractivity contribution in [2.75, 3.05) is 0 Å². The molecule has 3 heterocycles. The Morgan fingerprint density at radius 1 is 0.825 bits per heavy atom. The SMILES string of the molecule is [2H]C([2H])([2H])n1[cH+]n(-c2[c-]c(Oc3[c-]c4c(cc3)c3ccccc3n4-c3cc(C(C)C)ccn3)ccc2)c2ccccc21.[Pt]. The van der Waals surface area contributed by atoms with Gasteiger partial charge in [-0.1, -0.05) is 43.6 Å². The monoisotopic (exact) mass is 705 g/mol. The van der Waals surface area contributed by atoms with Gasteiger partial charge in [-0.3, -0.25) is 0 Å². The largest absolute Gasteiger partial charge is 0.508 e. The number of aromatic nitrogens is 4. The maximum Gasteiger partial charge on any atom is 0.188 e. The molecule has 0 aliphatic heterocycles. The minimum absolute atomic E-state index is 0. The molecule has 0 bridgehead atoms. The second kappa shape index (κ2) is 10.4. The third-order valence-electron chi connectivity index (χ3n) is 7.09. The van der Waals surface area contributed by atoms with E-state index in [1.54, 1.807) is 12.4 Å². The van der Waals surface area contributed by atoms with Gasteiger partial charge in [0.25, 0.3) is 0 Å². The third-order valence-corrected chi connectivity index (χ3v) is 7.09. The van der Waals surface area contributed by atoms with Crippen LogP contribution in [0.1, 0.15) is 29.4 Å². The molecule has 0 saturated carbocycles. The third kappa shape index (κ3) is 4.41. The molecule has 4 aromatic carbocycles. The summed E-state index contributed by atoms with van der Waals surface area (Å²) in [5.74, 6) is 2.23. The second-order valence-electron chi connectivity index (χ2n) is 9.89. The van der Waals surface area contributed by atoms with Crippen molar-refractivity contribution in [1.29, 1.82) is 0 Å². The summed E-state index contributed by atoms with van der Waals surface area (Å²) in [6.07, 6.45) is 3.44. The zero-order valence-electron chi connectivity index (χ0n) is 24.9. The quantitative estimate of drug-likeness (QED) is 0.169. The number of hydrogen-bond donors (Lipinski definition) is 0. The average molecular weight is 706 g/mol. The smallest absolute Gasteiger partial charge is 0.188 e. The number of hydrogen-bond acceptors (Lipinski definition) is 2. The van der Waals surface area contributed by atoms with Crippen LogP contribution in [0.4, 0.5) is 0 Å². The van der Waals surface area contributed by atoms with Crippen LogP contribution in [-0.2, 0) is 28.0 Å². The van der Waals surface area contributed by atoms with Crippen LogP contribution in [0.3, 0.4) is 0 Å². The van der Waals surface area contributed by atoms with E-state index in [0.717, 1.165) is 33.1 Å². The molecule has 7 rings (SSSR count). The molecule has 7 aromatic rings. The van der Waals surface area contributed by atoms with E-state index in [1.165, 1.54) is 10.1 Å². The van der Waals surface area contributed by atoms with Crippen molar-refractivity contribution >= 4 is 32.8 Å². The Hall–Kier alpha value is -4.21. The summed E-state index contributed by atoms with van der Waals surface area (Å²) in [7, 11) is 0. The van der Waals surface area contributed by atoms with E-state index < -0.39 is 6.98 Å². The van der Waals surface area contributed by atoms with Crippen LogP contribution >= 0.6 is 0 Å². The van der Waals surface area contributed by atoms with E-state index in [0.29, 0.717) is 28.6 Å². The molecule has 200 valence electrons. The van der Waals surface area contributed by atoms with Gasteiger partial charge < -0.3 is 9.30 Å². The Balaban J connectivity index is 0.00000329. The summed E-state index contributed by atoms with van der Waals surface area (Å²) in [6, 6.07) is 36.2. The molecular weight excluding hydrogens is 675 g/mol. The fourth-order valence-corrected chi connectivity index (χ4v) is 5.15. The van der Waals surface area contributed by atoms with Crippen molar-refractivity contribution in [2.24, 2.45) is 6.98 Å². The number of aryl methyl sites for hydroxylation is 1. The van der Waals surface area contributed by atoms with E-state index >= 15 is 0 Å². The van der Waals surface area contributed by atoms with Gasteiger partial charge in [0.1, 0.15) is 5.82 Å². The van der Waals surface area contributed by atoms with Gasteiger partial charge in [-0.25, -0.2) is 14.1 Å². The molecule has 0 aliphatic rings. The standard InChI is InChI=1S/C34H27N4O.Pt/c1-23(2)24-17-18-35-34(19-24)38-30-12-5-4-11-28(30)29-16-15-27(21-33(29)38)39-26-10-8-9-25(20-26)37-22-36(3)31-13-6-7-14-32(31)37;/h4-19,22-23H,1-3H3;/q-1;/i3D3;. The Morgan fingerprint density at radius 3 is 2.42 bits per heavy atom. The molecular formula is C34H27N4OPt-. The maximum atomic E-state index is 7.98. The van der Waals surface area contributed by atoms with Gasteiger partial charge in [-0.2, -0.15) is 12.1 Å². The van der Waals surface area contributed by atoms with Crippen molar-refractivity contribution in [2.45, 2.75) is 19.8 Å². The van der Waals surface area contributed by atoms with E-state index in [4.69, 9.17) is 13.8 Å². The summed E-state index contributed by atoms with van der Waals surface area (Å²) < 4.78 is 35.5. The van der Waals surface area contributed by atoms with Crippen molar-refractivity contribution in [1.82, 2.24) is 18.7 Å². The van der Waals surface area contributed by atoms with Gasteiger partial charge in [-0.05, 0) is 47.2 Å². The second-order valence-corrected chi connectivity index (χ2v) is 9.89. The number of imidazole rings is 1. The van der Waals surface area contributed by atoms with Crippen LogP contribution in [0.2, 0.25) is 0 Å². The first-order valence-corrected chi connectivity index (χ1v) is 12.9. The number of benzene rings is 4. The van der Waals surface area contributed by atoms with Crippen LogP contribution < -0.4 is 4.74 Å². The molecule has 0 fully saturated rings. The van der Waals surface area contributed by atoms with Crippen LogP contribution in [0, 0.1) is 12.1 Å². The first-order chi connectivity index (χ1) is 20.3. The van der Waals surface area contributed by atoms with Crippen LogP contribution in [0.5, 0.6) is 11.5 Å². The van der Waals surface area contributed by atoms with E-state index in [9.17, 15) is 0 Å². The Bertz CT molecular complexity index is 2110. The molecule has 6 heteroatoms. The summed E-state index contributed by atoms with van der Waals surface area (Å²) in [5.41, 5.74) is 5.16. The molecule has 40 heavy (non-hydrogen) atoms. The van der Waals surface area contributed by atoms with Gasteiger partial charge >= 0.3 is 0 Å². The Labute approximate surface area is 251 Å². The van der Waals surface area contributed by atoms with Gasteiger partial charge in [0.15, 0.2) is 17.4 Å². The fraction of sp³-hybridized carbons (Fsp3) is 0.118. The van der Waals surface area contributed by atoms with Crippen LogP contribution in [-0.4, -0.2) is 18.7 Å². The van der Waals surface area contributed by atoms with Crippen LogP contribution in [0.25, 0.3) is 44.3 Å². The molecule has 5 nitrogen and oxygen atoms in total. The molecule has 3 aromatic heterocycles. The Kier molecular flexibility index (Phi) is 5.87. The number of ether oxygens (including phenoxy) is 1. The number of pyridine rings is 1. The number of para-hydroxylation sites is 3. The van der Waals surface area contributed by atoms with Crippen molar-refractivity contribution in [3.8, 4) is 23.0 Å². The van der Waals surface area contributed by atoms with Crippen LogP contribution in [0.15, 0.2) is 104 Å². The zero-order chi connectivity index (χ0) is 29.0. The first-order valence-electron chi connectivity index (χ1n) is 14.4. The number of rotatable bonds is 5. The molecule has 0 radical (unpaired) electrons. The molecule has 0 aliphatic carbocycles. The summed E-state index contributed by atoms with van der Waals surface area (Å²) >= 11 is 0. The van der Waals surface area contributed by atoms with E-state index in [-0.39, 0.29) is 21.1 Å². The van der Waals surface area contributed by atoms with Gasteiger partial charge in [0.05, 0.1) is 0 Å². The first kappa shape index (κ1) is 22.6. The topological polar surface area (TPSA) is 36.9 Å².